The standard InChI is InChI=1S/2C21H20N.C20H18N.C19H15FN.C11H8N.5Ir/c1-14-10-15(2)12-20(11-14)18-6-5-7-19(13-18)21-17(4)16(3)8-9-22-21;1-16(2)13-17-7-5-8-18(14-17)19-9-6-10-20(15-19)21-11-3-4-12-22-21;1-15(2)19-11-12-20(21-14-19)18-10-6-9-17(13-18)16-7-4-3-5-8-16;1-13-10-11-21-19(14(13)2)17-5-3-4-16(12-17)15-6-8-18(20)9-7-15;1-2-6-10(7-3-1)11-8-4-5-9-12-11;;;;;/h5-6,8-13H,1-4H3;3-9,11-12,14-16H,13H2,1-2H3;3-9,11-15H,1-2H3;3-4,6-12H,1-2H3;1-6,8-9H;;;;;/q5*-1;;;;;. The van der Waals surface area contributed by atoms with Crippen molar-refractivity contribution in [1.82, 2.24) is 24.9 Å². The van der Waals surface area contributed by atoms with Crippen molar-refractivity contribution >= 4 is 0 Å². The summed E-state index contributed by atoms with van der Waals surface area (Å²) in [5, 5.41) is 0. The summed E-state index contributed by atoms with van der Waals surface area (Å²) < 4.78 is 13.0. The summed E-state index contributed by atoms with van der Waals surface area (Å²) in [5.41, 5.74) is 29.4. The molecule has 531 valence electrons. The molecule has 0 bridgehead atoms. The molecule has 5 nitrogen and oxygen atoms in total. The number of nitrogens with zero attached hydrogens (tertiary/aromatic N) is 5. The molecule has 0 spiro atoms. The van der Waals surface area contributed by atoms with E-state index in [0.29, 0.717) is 11.8 Å². The first-order valence-corrected chi connectivity index (χ1v) is 33.3. The van der Waals surface area contributed by atoms with Crippen molar-refractivity contribution in [2.75, 3.05) is 0 Å². The molecule has 5 aromatic heterocycles. The maximum atomic E-state index is 13.0. The van der Waals surface area contributed by atoms with Crippen molar-refractivity contribution in [2.45, 2.75) is 81.6 Å². The van der Waals surface area contributed by atoms with Gasteiger partial charge in [0.1, 0.15) is 5.82 Å². The van der Waals surface area contributed by atoms with Crippen LogP contribution in [0.1, 0.15) is 78.1 Å². The fourth-order valence-corrected chi connectivity index (χ4v) is 11.2. The van der Waals surface area contributed by atoms with E-state index in [1.54, 1.807) is 18.3 Å². The molecule has 0 atom stereocenters. The molecule has 0 saturated carbocycles. The maximum absolute atomic E-state index is 13.0. The molecule has 0 unspecified atom stereocenters. The van der Waals surface area contributed by atoms with Crippen LogP contribution in [0.5, 0.6) is 0 Å². The van der Waals surface area contributed by atoms with Crippen molar-refractivity contribution in [3.8, 4) is 101 Å². The molecule has 5 heterocycles. The molecule has 11 heteroatoms. The number of benzene rings is 9. The van der Waals surface area contributed by atoms with Crippen molar-refractivity contribution < 1.29 is 105 Å². The quantitative estimate of drug-likeness (QED) is 0.114. The summed E-state index contributed by atoms with van der Waals surface area (Å²) in [4.78, 5) is 22.2. The number of halogens is 1. The van der Waals surface area contributed by atoms with E-state index in [1.807, 2.05) is 140 Å². The Labute approximate surface area is 678 Å². The zero-order valence-corrected chi connectivity index (χ0v) is 71.3. The molecule has 0 aliphatic rings. The van der Waals surface area contributed by atoms with Gasteiger partial charge in [0.25, 0.3) is 0 Å². The molecule has 0 N–H and O–H groups in total. The number of pyridine rings is 5. The first-order chi connectivity index (χ1) is 47.6. The molecule has 14 rings (SSSR count). The number of hydrogen-bond acceptors (Lipinski definition) is 5. The third-order valence-corrected chi connectivity index (χ3v) is 16.7. The van der Waals surface area contributed by atoms with Crippen LogP contribution in [0, 0.1) is 83.6 Å². The van der Waals surface area contributed by atoms with E-state index >= 15 is 0 Å². The van der Waals surface area contributed by atoms with E-state index in [9.17, 15) is 4.39 Å². The van der Waals surface area contributed by atoms with Crippen LogP contribution in [0.3, 0.4) is 0 Å². The summed E-state index contributed by atoms with van der Waals surface area (Å²) in [6, 6.07) is 101. The van der Waals surface area contributed by atoms with Gasteiger partial charge in [-0.15, -0.1) is 177 Å². The summed E-state index contributed by atoms with van der Waals surface area (Å²) in [7, 11) is 0. The Morgan fingerprint density at radius 1 is 0.320 bits per heavy atom. The number of aryl methyl sites for hydroxylation is 4. The van der Waals surface area contributed by atoms with E-state index < -0.39 is 0 Å². The minimum atomic E-state index is -0.224. The normalized spacial score (nSPS) is 10.1. The molecule has 9 aromatic carbocycles. The fourth-order valence-electron chi connectivity index (χ4n) is 11.2. The summed E-state index contributed by atoms with van der Waals surface area (Å²) in [5.74, 6) is 0.951. The summed E-state index contributed by atoms with van der Waals surface area (Å²) >= 11 is 0. The van der Waals surface area contributed by atoms with Gasteiger partial charge < -0.3 is 24.9 Å². The van der Waals surface area contributed by atoms with Crippen LogP contribution in [0.25, 0.3) is 101 Å². The SMILES string of the molecule is CC(C)Cc1cccc(-c2cc[c-]c(-c3ccccn3)c2)c1.CC(C)c1ccc(-c2[c-]ccc(-c3ccccc3)c2)nc1.Cc1cc(C)cc(-c2cc[c-]c(-c3nccc(C)c3C)c2)c1.Cc1ccnc(-c2[c-]ccc(-c3ccc(F)cc3)c2)c1C.[Ir].[Ir].[Ir].[Ir].[Ir].[c-]1ccccc1-c1ccccn1. The van der Waals surface area contributed by atoms with Gasteiger partial charge in [0.15, 0.2) is 0 Å². The second-order valence-corrected chi connectivity index (χ2v) is 25.1. The zero-order chi connectivity index (χ0) is 68.8. The van der Waals surface area contributed by atoms with Crippen LogP contribution in [0.15, 0.2) is 286 Å². The molecular weight excluding hydrogens is 2160 g/mol. The Hall–Kier alpha value is -8.09. The van der Waals surface area contributed by atoms with Gasteiger partial charge in [0.2, 0.25) is 0 Å². The smallest absolute Gasteiger partial charge is 0.123 e. The third-order valence-electron chi connectivity index (χ3n) is 16.7. The van der Waals surface area contributed by atoms with Gasteiger partial charge in [-0.2, -0.15) is 0 Å². The number of aromatic nitrogens is 5. The van der Waals surface area contributed by atoms with Crippen LogP contribution in [-0.4, -0.2) is 24.9 Å². The topological polar surface area (TPSA) is 64.5 Å². The molecule has 0 saturated heterocycles. The van der Waals surface area contributed by atoms with Crippen molar-refractivity contribution in [2.24, 2.45) is 5.92 Å². The van der Waals surface area contributed by atoms with Crippen LogP contribution in [-0.2, 0) is 107 Å². The molecule has 5 radical (unpaired) electrons. The predicted octanol–water partition coefficient (Wildman–Crippen LogP) is 23.7. The minimum Gasteiger partial charge on any atom is -0.305 e. The van der Waals surface area contributed by atoms with Crippen molar-refractivity contribution in [1.29, 1.82) is 0 Å². The van der Waals surface area contributed by atoms with Gasteiger partial charge in [-0.25, -0.2) is 4.39 Å². The summed E-state index contributed by atoms with van der Waals surface area (Å²) in [6.45, 7) is 21.5. The molecule has 14 aromatic rings. The third kappa shape index (κ3) is 25.1. The first-order valence-electron chi connectivity index (χ1n) is 33.3. The number of hydrogen-bond donors (Lipinski definition) is 0. The van der Waals surface area contributed by atoms with Gasteiger partial charge in [-0.3, -0.25) is 0 Å². The van der Waals surface area contributed by atoms with Crippen molar-refractivity contribution in [3.63, 3.8) is 0 Å². The van der Waals surface area contributed by atoms with Gasteiger partial charge >= 0.3 is 0 Å². The monoisotopic (exact) mass is 2240 g/mol. The van der Waals surface area contributed by atoms with E-state index in [0.717, 1.165) is 79.4 Å². The van der Waals surface area contributed by atoms with Gasteiger partial charge in [0.05, 0.1) is 0 Å². The molecule has 0 aliphatic heterocycles. The van der Waals surface area contributed by atoms with Crippen molar-refractivity contribution in [3.05, 3.63) is 366 Å². The fraction of sp³-hybridized carbons (Fsp3) is 0.141. The second kappa shape index (κ2) is 43.2. The summed E-state index contributed by atoms with van der Waals surface area (Å²) in [6.07, 6.45) is 10.4. The van der Waals surface area contributed by atoms with Gasteiger partial charge in [0, 0.05) is 132 Å². The second-order valence-electron chi connectivity index (χ2n) is 25.1. The minimum absolute atomic E-state index is 0. The number of rotatable bonds is 12. The van der Waals surface area contributed by atoms with E-state index in [1.165, 1.54) is 84.5 Å². The Morgan fingerprint density at radius 3 is 1.23 bits per heavy atom. The zero-order valence-electron chi connectivity index (χ0n) is 59.3. The van der Waals surface area contributed by atoms with E-state index in [4.69, 9.17) is 0 Å². The molecule has 103 heavy (non-hydrogen) atoms. The van der Waals surface area contributed by atoms with Gasteiger partial charge in [-0.05, 0) is 158 Å². The van der Waals surface area contributed by atoms with Gasteiger partial charge in [-0.1, -0.05) is 182 Å². The van der Waals surface area contributed by atoms with Crippen LogP contribution in [0.2, 0.25) is 0 Å². The van der Waals surface area contributed by atoms with E-state index in [-0.39, 0.29) is 106 Å². The molecule has 0 fully saturated rings. The average molecular weight is 2240 g/mol. The Balaban J connectivity index is 0.000000231. The molecule has 0 aliphatic carbocycles. The first kappa shape index (κ1) is 85.6. The van der Waals surface area contributed by atoms with Crippen LogP contribution >= 0.6 is 0 Å². The average Bonchev–Trinajstić information content (AvgIpc) is 0.825. The Bertz CT molecular complexity index is 4790. The molecule has 0 amide bonds. The van der Waals surface area contributed by atoms with Crippen LogP contribution in [0.4, 0.5) is 4.39 Å². The van der Waals surface area contributed by atoms with Crippen LogP contribution < -0.4 is 0 Å². The molecular formula is C92H81FIr5N5-5. The largest absolute Gasteiger partial charge is 0.305 e. The predicted molar refractivity (Wildman–Crippen MR) is 405 cm³/mol. The Morgan fingerprint density at radius 2 is 0.757 bits per heavy atom. The maximum Gasteiger partial charge on any atom is 0.123 e. The Kier molecular flexibility index (Phi) is 35.9. The van der Waals surface area contributed by atoms with E-state index in [2.05, 4.69) is 240 Å².